The highest BCUT2D eigenvalue weighted by Gasteiger charge is 2.08. The Hall–Kier alpha value is -1.38. The van der Waals surface area contributed by atoms with Gasteiger partial charge in [0.15, 0.2) is 0 Å². The van der Waals surface area contributed by atoms with Crippen molar-refractivity contribution in [3.8, 4) is 0 Å². The number of H-pyrrole nitrogens is 1. The van der Waals surface area contributed by atoms with Crippen LogP contribution in [0.4, 0.5) is 5.69 Å². The average molecular weight is 191 g/mol. The Bertz CT molecular complexity index is 372. The molecular formula is C11H17N3. The quantitative estimate of drug-likeness (QED) is 0.647. The van der Waals surface area contributed by atoms with Gasteiger partial charge in [0.2, 0.25) is 0 Å². The SMILES string of the molecule is Cc1cc[nH]n(C)c2c(c1)NCCC2. The van der Waals surface area contributed by atoms with Crippen molar-refractivity contribution in [2.75, 3.05) is 11.9 Å². The molecule has 1 aliphatic heterocycles. The van der Waals surface area contributed by atoms with E-state index in [2.05, 4.69) is 41.2 Å². The standard InChI is InChI=1S/C11H17N3/c1-9-5-7-13-14(2)11-4-3-6-12-10(11)8-9/h5,7-8,12-13H,3-4,6H2,1-2H3. The van der Waals surface area contributed by atoms with Crippen LogP contribution in [-0.4, -0.2) is 16.3 Å². The van der Waals surface area contributed by atoms with Crippen LogP contribution in [0.3, 0.4) is 0 Å². The summed E-state index contributed by atoms with van der Waals surface area (Å²) in [4.78, 5) is 0. The van der Waals surface area contributed by atoms with Crippen molar-refractivity contribution in [2.45, 2.75) is 19.8 Å². The number of hydrogen-bond acceptors (Lipinski definition) is 1. The summed E-state index contributed by atoms with van der Waals surface area (Å²) in [7, 11) is 2.06. The zero-order chi connectivity index (χ0) is 9.97. The van der Waals surface area contributed by atoms with Crippen molar-refractivity contribution in [3.63, 3.8) is 0 Å². The lowest BCUT2D eigenvalue weighted by molar-refractivity contribution is 0.655. The van der Waals surface area contributed by atoms with Gasteiger partial charge in [0.1, 0.15) is 0 Å². The van der Waals surface area contributed by atoms with Gasteiger partial charge < -0.3 is 10.4 Å². The molecule has 0 aliphatic carbocycles. The normalized spacial score (nSPS) is 14.1. The monoisotopic (exact) mass is 191 g/mol. The second-order valence-corrected chi connectivity index (χ2v) is 3.80. The first-order valence-electron chi connectivity index (χ1n) is 5.09. The highest BCUT2D eigenvalue weighted by Crippen LogP contribution is 2.19. The molecule has 1 aromatic rings. The van der Waals surface area contributed by atoms with Crippen molar-refractivity contribution in [1.29, 1.82) is 0 Å². The molecule has 0 saturated heterocycles. The van der Waals surface area contributed by atoms with E-state index in [1.165, 1.54) is 23.4 Å². The molecule has 0 aromatic carbocycles. The first-order valence-corrected chi connectivity index (χ1v) is 5.09. The highest BCUT2D eigenvalue weighted by atomic mass is 15.2. The zero-order valence-electron chi connectivity index (χ0n) is 8.80. The zero-order valence-corrected chi connectivity index (χ0v) is 8.80. The molecule has 1 aromatic heterocycles. The lowest BCUT2D eigenvalue weighted by Gasteiger charge is -2.19. The van der Waals surface area contributed by atoms with Crippen LogP contribution >= 0.6 is 0 Å². The Morgan fingerprint density at radius 3 is 3.14 bits per heavy atom. The first kappa shape index (κ1) is 9.19. The molecule has 76 valence electrons. The van der Waals surface area contributed by atoms with Crippen molar-refractivity contribution < 1.29 is 0 Å². The third-order valence-electron chi connectivity index (χ3n) is 2.61. The van der Waals surface area contributed by atoms with Crippen LogP contribution in [0.25, 0.3) is 0 Å². The van der Waals surface area contributed by atoms with Gasteiger partial charge in [-0.1, -0.05) is 0 Å². The van der Waals surface area contributed by atoms with Gasteiger partial charge in [-0.25, -0.2) is 0 Å². The summed E-state index contributed by atoms with van der Waals surface area (Å²) in [5, 5.41) is 6.67. The van der Waals surface area contributed by atoms with E-state index in [4.69, 9.17) is 0 Å². The second kappa shape index (κ2) is 3.78. The minimum absolute atomic E-state index is 1.08. The van der Waals surface area contributed by atoms with E-state index < -0.39 is 0 Å². The summed E-state index contributed by atoms with van der Waals surface area (Å²) >= 11 is 0. The molecule has 0 saturated carbocycles. The maximum Gasteiger partial charge on any atom is 0.0574 e. The van der Waals surface area contributed by atoms with Gasteiger partial charge in [-0.3, -0.25) is 4.68 Å². The number of nitrogens with one attached hydrogen (secondary N) is 2. The van der Waals surface area contributed by atoms with Crippen LogP contribution in [0.2, 0.25) is 0 Å². The molecule has 0 spiro atoms. The number of anilines is 1. The number of hydrogen-bond donors (Lipinski definition) is 2. The van der Waals surface area contributed by atoms with Crippen LogP contribution in [0.15, 0.2) is 18.3 Å². The lowest BCUT2D eigenvalue weighted by Crippen LogP contribution is -2.16. The van der Waals surface area contributed by atoms with Crippen molar-refractivity contribution >= 4 is 5.69 Å². The van der Waals surface area contributed by atoms with E-state index >= 15 is 0 Å². The molecule has 3 heteroatoms. The number of rotatable bonds is 0. The Labute approximate surface area is 84.4 Å². The van der Waals surface area contributed by atoms with Crippen molar-refractivity contribution in [3.05, 3.63) is 29.6 Å². The van der Waals surface area contributed by atoms with E-state index in [-0.39, 0.29) is 0 Å². The molecule has 0 amide bonds. The number of aryl methyl sites for hydroxylation is 2. The topological polar surface area (TPSA) is 32.8 Å². The summed E-state index contributed by atoms with van der Waals surface area (Å²) in [6.07, 6.45) is 4.33. The molecule has 1 aliphatic rings. The molecule has 14 heavy (non-hydrogen) atoms. The third kappa shape index (κ3) is 1.76. The van der Waals surface area contributed by atoms with Crippen LogP contribution in [0.5, 0.6) is 0 Å². The average Bonchev–Trinajstić information content (AvgIpc) is 2.16. The smallest absolute Gasteiger partial charge is 0.0574 e. The number of fused-ring (bicyclic) bond motifs is 1. The Morgan fingerprint density at radius 1 is 1.43 bits per heavy atom. The largest absolute Gasteiger partial charge is 0.384 e. The van der Waals surface area contributed by atoms with E-state index in [9.17, 15) is 0 Å². The summed E-state index contributed by atoms with van der Waals surface area (Å²) in [5.74, 6) is 0. The second-order valence-electron chi connectivity index (χ2n) is 3.80. The first-order chi connectivity index (χ1) is 6.77. The number of aromatic nitrogens is 2. The van der Waals surface area contributed by atoms with Gasteiger partial charge >= 0.3 is 0 Å². The molecule has 0 radical (unpaired) electrons. The molecule has 2 rings (SSSR count). The Kier molecular flexibility index (Phi) is 2.48. The number of aromatic amines is 1. The fourth-order valence-electron chi connectivity index (χ4n) is 1.83. The molecule has 2 N–H and O–H groups in total. The molecule has 0 bridgehead atoms. The van der Waals surface area contributed by atoms with Gasteiger partial charge in [-0.05, 0) is 37.5 Å². The van der Waals surface area contributed by atoms with Crippen molar-refractivity contribution in [2.24, 2.45) is 7.05 Å². The van der Waals surface area contributed by atoms with Gasteiger partial charge in [-0.2, -0.15) is 0 Å². The van der Waals surface area contributed by atoms with Gasteiger partial charge in [0.25, 0.3) is 0 Å². The van der Waals surface area contributed by atoms with Gasteiger partial charge in [0, 0.05) is 19.8 Å². The summed E-state index contributed by atoms with van der Waals surface area (Å²) in [5.41, 5.74) is 3.88. The van der Waals surface area contributed by atoms with Gasteiger partial charge in [-0.15, -0.1) is 0 Å². The minimum atomic E-state index is 1.08. The predicted octanol–water partition coefficient (Wildman–Crippen LogP) is 2.14. The fraction of sp³-hybridized carbons (Fsp3) is 0.455. The summed E-state index contributed by atoms with van der Waals surface area (Å²) < 4.78 is 2.08. The number of nitrogens with zero attached hydrogens (tertiary/aromatic N) is 1. The lowest BCUT2D eigenvalue weighted by atomic mass is 10.1. The van der Waals surface area contributed by atoms with Crippen LogP contribution in [0, 0.1) is 6.92 Å². The molecule has 0 unspecified atom stereocenters. The Morgan fingerprint density at radius 2 is 2.29 bits per heavy atom. The predicted molar refractivity (Wildman–Crippen MR) is 58.9 cm³/mol. The summed E-state index contributed by atoms with van der Waals surface area (Å²) in [6.45, 7) is 3.20. The highest BCUT2D eigenvalue weighted by molar-refractivity contribution is 5.50. The maximum atomic E-state index is 3.44. The molecule has 3 nitrogen and oxygen atoms in total. The van der Waals surface area contributed by atoms with Crippen LogP contribution in [-0.2, 0) is 13.5 Å². The van der Waals surface area contributed by atoms with Crippen LogP contribution in [0.1, 0.15) is 17.7 Å². The molecule has 0 atom stereocenters. The van der Waals surface area contributed by atoms with E-state index in [1.807, 2.05) is 6.20 Å². The fourth-order valence-corrected chi connectivity index (χ4v) is 1.83. The van der Waals surface area contributed by atoms with Crippen molar-refractivity contribution in [1.82, 2.24) is 9.78 Å². The minimum Gasteiger partial charge on any atom is -0.384 e. The third-order valence-corrected chi connectivity index (χ3v) is 2.61. The maximum absolute atomic E-state index is 3.44. The Balaban J connectivity index is 2.62. The van der Waals surface area contributed by atoms with E-state index in [0.29, 0.717) is 0 Å². The van der Waals surface area contributed by atoms with Gasteiger partial charge in [0.05, 0.1) is 11.4 Å². The molecule has 0 fully saturated rings. The molecular weight excluding hydrogens is 174 g/mol. The summed E-state index contributed by atoms with van der Waals surface area (Å²) in [6, 6.07) is 4.29. The van der Waals surface area contributed by atoms with E-state index in [1.54, 1.807) is 0 Å². The molecule has 2 heterocycles. The van der Waals surface area contributed by atoms with E-state index in [0.717, 1.165) is 13.0 Å². The van der Waals surface area contributed by atoms with Crippen LogP contribution < -0.4 is 5.32 Å².